The largest absolute Gasteiger partial charge is 0.320 e. The first-order valence-electron chi connectivity index (χ1n) is 6.85. The molecule has 94 valence electrons. The molecule has 0 aromatic rings. The van der Waals surface area contributed by atoms with Crippen LogP contribution in [0.2, 0.25) is 0 Å². The molecule has 0 spiro atoms. The molecule has 0 aromatic heterocycles. The van der Waals surface area contributed by atoms with Gasteiger partial charge >= 0.3 is 0 Å². The number of rotatable bonds is 4. The number of hydrogen-bond acceptors (Lipinski definition) is 3. The number of nitrogens with zero attached hydrogens (tertiary/aromatic N) is 1. The summed E-state index contributed by atoms with van der Waals surface area (Å²) in [5, 5.41) is 4.16. The Morgan fingerprint density at radius 1 is 1.31 bits per heavy atom. The van der Waals surface area contributed by atoms with E-state index in [9.17, 15) is 0 Å². The highest BCUT2D eigenvalue weighted by Gasteiger charge is 2.34. The average Bonchev–Trinajstić information content (AvgIpc) is 2.73. The predicted molar refractivity (Wildman–Crippen MR) is 73.2 cm³/mol. The van der Waals surface area contributed by atoms with E-state index in [2.05, 4.69) is 35.9 Å². The van der Waals surface area contributed by atoms with E-state index in [4.69, 9.17) is 0 Å². The number of hydrogen-bond donors (Lipinski definition) is 1. The van der Waals surface area contributed by atoms with Gasteiger partial charge in [0.1, 0.15) is 0 Å². The molecule has 0 aromatic carbocycles. The zero-order chi connectivity index (χ0) is 11.4. The fourth-order valence-electron chi connectivity index (χ4n) is 3.24. The molecule has 1 N–H and O–H groups in total. The summed E-state index contributed by atoms with van der Waals surface area (Å²) >= 11 is 2.17. The molecular formula is C13H26N2S. The van der Waals surface area contributed by atoms with Gasteiger partial charge in [0, 0.05) is 17.3 Å². The number of nitrogens with one attached hydrogen (secondary N) is 1. The Bertz CT molecular complexity index is 210. The molecule has 2 fully saturated rings. The van der Waals surface area contributed by atoms with Gasteiger partial charge in [0.05, 0.1) is 0 Å². The molecule has 2 aliphatic heterocycles. The van der Waals surface area contributed by atoms with Gasteiger partial charge in [-0.05, 0) is 51.6 Å². The van der Waals surface area contributed by atoms with Crippen LogP contribution in [0.25, 0.3) is 0 Å². The van der Waals surface area contributed by atoms with Crippen molar-refractivity contribution in [2.75, 3.05) is 25.9 Å². The number of piperidine rings is 1. The first kappa shape index (κ1) is 12.7. The number of thioether (sulfide) groups is 1. The molecule has 3 unspecified atom stereocenters. The van der Waals surface area contributed by atoms with Gasteiger partial charge in [-0.2, -0.15) is 11.8 Å². The van der Waals surface area contributed by atoms with Gasteiger partial charge in [0.15, 0.2) is 0 Å². The summed E-state index contributed by atoms with van der Waals surface area (Å²) in [6.45, 7) is 4.95. The van der Waals surface area contributed by atoms with Crippen LogP contribution in [0.15, 0.2) is 0 Å². The standard InChI is InChI=1S/C13H26N2S/c1-11-13(7-10-16-11)15-9-4-3-5-12(15)6-8-14-2/h11-14H,3-10H2,1-2H3. The summed E-state index contributed by atoms with van der Waals surface area (Å²) in [4.78, 5) is 2.84. The zero-order valence-corrected chi connectivity index (χ0v) is 11.6. The summed E-state index contributed by atoms with van der Waals surface area (Å²) in [7, 11) is 2.07. The highest BCUT2D eigenvalue weighted by atomic mass is 32.2. The third-order valence-electron chi connectivity index (χ3n) is 4.16. The summed E-state index contributed by atoms with van der Waals surface area (Å²) in [5.74, 6) is 1.38. The lowest BCUT2D eigenvalue weighted by Crippen LogP contribution is -2.49. The van der Waals surface area contributed by atoms with Gasteiger partial charge in [-0.1, -0.05) is 13.3 Å². The van der Waals surface area contributed by atoms with Crippen LogP contribution in [0.5, 0.6) is 0 Å². The minimum Gasteiger partial charge on any atom is -0.320 e. The van der Waals surface area contributed by atoms with Gasteiger partial charge in [-0.3, -0.25) is 4.90 Å². The van der Waals surface area contributed by atoms with E-state index in [-0.39, 0.29) is 0 Å². The topological polar surface area (TPSA) is 15.3 Å². The van der Waals surface area contributed by atoms with E-state index < -0.39 is 0 Å². The van der Waals surface area contributed by atoms with Crippen LogP contribution < -0.4 is 5.32 Å². The Balaban J connectivity index is 1.92. The van der Waals surface area contributed by atoms with Crippen LogP contribution in [0, 0.1) is 0 Å². The second kappa shape index (κ2) is 6.27. The highest BCUT2D eigenvalue weighted by Crippen LogP contribution is 2.34. The smallest absolute Gasteiger partial charge is 0.0222 e. The van der Waals surface area contributed by atoms with Crippen molar-refractivity contribution >= 4 is 11.8 Å². The monoisotopic (exact) mass is 242 g/mol. The maximum absolute atomic E-state index is 3.31. The molecule has 16 heavy (non-hydrogen) atoms. The molecule has 2 saturated heterocycles. The Morgan fingerprint density at radius 3 is 2.88 bits per heavy atom. The van der Waals surface area contributed by atoms with Gasteiger partial charge in [0.2, 0.25) is 0 Å². The van der Waals surface area contributed by atoms with Gasteiger partial charge in [-0.15, -0.1) is 0 Å². The molecule has 3 heteroatoms. The molecule has 3 atom stereocenters. The van der Waals surface area contributed by atoms with E-state index in [1.165, 1.54) is 50.9 Å². The Labute approximate surface area is 105 Å². The van der Waals surface area contributed by atoms with Crippen LogP contribution >= 0.6 is 11.8 Å². The van der Waals surface area contributed by atoms with Crippen LogP contribution in [0.4, 0.5) is 0 Å². The highest BCUT2D eigenvalue weighted by molar-refractivity contribution is 8.00. The van der Waals surface area contributed by atoms with E-state index in [1.54, 1.807) is 0 Å². The first-order valence-corrected chi connectivity index (χ1v) is 7.89. The molecular weight excluding hydrogens is 216 g/mol. The molecule has 0 aliphatic carbocycles. The van der Waals surface area contributed by atoms with E-state index in [0.717, 1.165) is 17.3 Å². The van der Waals surface area contributed by atoms with Crippen LogP contribution in [-0.4, -0.2) is 48.1 Å². The average molecular weight is 242 g/mol. The van der Waals surface area contributed by atoms with Crippen LogP contribution in [-0.2, 0) is 0 Å². The molecule has 2 heterocycles. The third kappa shape index (κ3) is 2.93. The lowest BCUT2D eigenvalue weighted by molar-refractivity contribution is 0.0906. The molecule has 0 saturated carbocycles. The van der Waals surface area contributed by atoms with Crippen molar-refractivity contribution in [2.24, 2.45) is 0 Å². The van der Waals surface area contributed by atoms with Gasteiger partial charge in [-0.25, -0.2) is 0 Å². The Hall–Kier alpha value is 0.270. The summed E-state index contributed by atoms with van der Waals surface area (Å²) < 4.78 is 0. The van der Waals surface area contributed by atoms with Crippen LogP contribution in [0.3, 0.4) is 0 Å². The molecule has 2 nitrogen and oxygen atoms in total. The van der Waals surface area contributed by atoms with Crippen molar-refractivity contribution < 1.29 is 0 Å². The minimum atomic E-state index is 0.854. The molecule has 0 bridgehead atoms. The maximum atomic E-state index is 3.31. The number of likely N-dealkylation sites (tertiary alicyclic amines) is 1. The Kier molecular flexibility index (Phi) is 4.98. The molecule has 0 radical (unpaired) electrons. The molecule has 2 rings (SSSR count). The maximum Gasteiger partial charge on any atom is 0.0222 e. The normalized spacial score (nSPS) is 36.8. The molecule has 2 aliphatic rings. The third-order valence-corrected chi connectivity index (χ3v) is 5.47. The molecule has 0 amide bonds. The van der Waals surface area contributed by atoms with E-state index >= 15 is 0 Å². The van der Waals surface area contributed by atoms with Crippen molar-refractivity contribution in [3.63, 3.8) is 0 Å². The van der Waals surface area contributed by atoms with Crippen molar-refractivity contribution in [3.8, 4) is 0 Å². The van der Waals surface area contributed by atoms with Gasteiger partial charge < -0.3 is 5.32 Å². The fourth-order valence-corrected chi connectivity index (χ4v) is 4.50. The quantitative estimate of drug-likeness (QED) is 0.814. The van der Waals surface area contributed by atoms with Crippen LogP contribution in [0.1, 0.15) is 39.0 Å². The van der Waals surface area contributed by atoms with Gasteiger partial charge in [0.25, 0.3) is 0 Å². The summed E-state index contributed by atoms with van der Waals surface area (Å²) in [5.41, 5.74) is 0. The second-order valence-electron chi connectivity index (χ2n) is 5.21. The van der Waals surface area contributed by atoms with Crippen molar-refractivity contribution in [3.05, 3.63) is 0 Å². The van der Waals surface area contributed by atoms with E-state index in [0.29, 0.717) is 0 Å². The van der Waals surface area contributed by atoms with Crippen molar-refractivity contribution in [1.82, 2.24) is 10.2 Å². The predicted octanol–water partition coefficient (Wildman–Crippen LogP) is 2.34. The van der Waals surface area contributed by atoms with Crippen molar-refractivity contribution in [1.29, 1.82) is 0 Å². The van der Waals surface area contributed by atoms with E-state index in [1.807, 2.05) is 0 Å². The lowest BCUT2D eigenvalue weighted by Gasteiger charge is -2.41. The Morgan fingerprint density at radius 2 is 2.19 bits per heavy atom. The lowest BCUT2D eigenvalue weighted by atomic mass is 9.95. The fraction of sp³-hybridized carbons (Fsp3) is 1.00. The minimum absolute atomic E-state index is 0.854. The SMILES string of the molecule is CNCCC1CCCCN1C1CCSC1C. The van der Waals surface area contributed by atoms with Crippen molar-refractivity contribution in [2.45, 2.75) is 56.4 Å². The first-order chi connectivity index (χ1) is 7.83. The summed E-state index contributed by atoms with van der Waals surface area (Å²) in [6, 6.07) is 1.72. The zero-order valence-electron chi connectivity index (χ0n) is 10.7. The second-order valence-corrected chi connectivity index (χ2v) is 6.70. The summed E-state index contributed by atoms with van der Waals surface area (Å²) in [6.07, 6.45) is 7.05.